The lowest BCUT2D eigenvalue weighted by Gasteiger charge is -2.19. The SMILES string of the molecule is O=C(NCCC(c1ccccc1)c1ccccc1)c1ccc(C(=O)NCCC(c2ccccc2)c2ccccc2)cc1. The van der Waals surface area contributed by atoms with Gasteiger partial charge in [-0.05, 0) is 59.4 Å². The van der Waals surface area contributed by atoms with Crippen molar-refractivity contribution in [1.29, 1.82) is 0 Å². The minimum atomic E-state index is -0.143. The number of amides is 2. The van der Waals surface area contributed by atoms with Gasteiger partial charge in [0.25, 0.3) is 11.8 Å². The van der Waals surface area contributed by atoms with Crippen molar-refractivity contribution in [3.63, 3.8) is 0 Å². The summed E-state index contributed by atoms with van der Waals surface area (Å²) in [6, 6.07) is 48.4. The molecule has 210 valence electrons. The average molecular weight is 553 g/mol. The van der Waals surface area contributed by atoms with Crippen molar-refractivity contribution in [2.45, 2.75) is 24.7 Å². The lowest BCUT2D eigenvalue weighted by atomic mass is 9.88. The molecule has 0 radical (unpaired) electrons. The third-order valence-electron chi connectivity index (χ3n) is 7.65. The first-order chi connectivity index (χ1) is 20.7. The fraction of sp³-hybridized carbons (Fsp3) is 0.158. The lowest BCUT2D eigenvalue weighted by molar-refractivity contribution is 0.0941. The molecule has 5 aromatic rings. The minimum Gasteiger partial charge on any atom is -0.352 e. The van der Waals surface area contributed by atoms with E-state index in [1.54, 1.807) is 24.3 Å². The van der Waals surface area contributed by atoms with Gasteiger partial charge >= 0.3 is 0 Å². The third kappa shape index (κ3) is 7.61. The molecule has 0 fully saturated rings. The highest BCUT2D eigenvalue weighted by Crippen LogP contribution is 2.28. The molecule has 2 amide bonds. The van der Waals surface area contributed by atoms with Gasteiger partial charge in [0.05, 0.1) is 0 Å². The van der Waals surface area contributed by atoms with Crippen LogP contribution in [-0.2, 0) is 0 Å². The number of hydrogen-bond donors (Lipinski definition) is 2. The summed E-state index contributed by atoms with van der Waals surface area (Å²) in [6.45, 7) is 1.08. The van der Waals surface area contributed by atoms with Crippen LogP contribution < -0.4 is 10.6 Å². The van der Waals surface area contributed by atoms with Crippen molar-refractivity contribution in [2.75, 3.05) is 13.1 Å². The molecule has 0 heterocycles. The van der Waals surface area contributed by atoms with Gasteiger partial charge in [-0.3, -0.25) is 9.59 Å². The van der Waals surface area contributed by atoms with Crippen molar-refractivity contribution in [1.82, 2.24) is 10.6 Å². The molecule has 0 aliphatic heterocycles. The molecule has 0 aromatic heterocycles. The van der Waals surface area contributed by atoms with Crippen molar-refractivity contribution < 1.29 is 9.59 Å². The van der Waals surface area contributed by atoms with Crippen molar-refractivity contribution in [2.24, 2.45) is 0 Å². The Morgan fingerprint density at radius 2 is 0.667 bits per heavy atom. The molecule has 0 aliphatic rings. The monoisotopic (exact) mass is 552 g/mol. The van der Waals surface area contributed by atoms with Gasteiger partial charge < -0.3 is 10.6 Å². The maximum atomic E-state index is 12.9. The molecule has 0 unspecified atom stereocenters. The number of benzene rings is 5. The Morgan fingerprint density at radius 1 is 0.405 bits per heavy atom. The zero-order chi connectivity index (χ0) is 29.0. The zero-order valence-electron chi connectivity index (χ0n) is 23.7. The van der Waals surface area contributed by atoms with Crippen molar-refractivity contribution in [3.8, 4) is 0 Å². The van der Waals surface area contributed by atoms with Crippen LogP contribution in [0.5, 0.6) is 0 Å². The Hall–Kier alpha value is -4.96. The van der Waals surface area contributed by atoms with E-state index >= 15 is 0 Å². The second-order valence-electron chi connectivity index (χ2n) is 10.4. The molecule has 0 atom stereocenters. The summed E-state index contributed by atoms with van der Waals surface area (Å²) in [6.07, 6.45) is 1.57. The molecule has 0 bridgehead atoms. The fourth-order valence-corrected chi connectivity index (χ4v) is 5.43. The van der Waals surface area contributed by atoms with Gasteiger partial charge in [-0.2, -0.15) is 0 Å². The van der Waals surface area contributed by atoms with E-state index in [0.29, 0.717) is 24.2 Å². The van der Waals surface area contributed by atoms with Crippen LogP contribution in [0.1, 0.15) is 67.6 Å². The first-order valence-corrected chi connectivity index (χ1v) is 14.6. The lowest BCUT2D eigenvalue weighted by Crippen LogP contribution is -2.27. The van der Waals surface area contributed by atoms with E-state index in [1.165, 1.54) is 22.3 Å². The first kappa shape index (κ1) is 28.6. The van der Waals surface area contributed by atoms with Gasteiger partial charge in [0.15, 0.2) is 0 Å². The topological polar surface area (TPSA) is 58.2 Å². The largest absolute Gasteiger partial charge is 0.352 e. The molecular formula is C38H36N2O2. The standard InChI is InChI=1S/C38H36N2O2/c41-37(39-27-25-35(29-13-5-1-6-14-29)30-15-7-2-8-16-30)33-21-23-34(24-22-33)38(42)40-28-26-36(31-17-9-3-10-18-31)32-19-11-4-12-20-32/h1-24,35-36H,25-28H2,(H,39,41)(H,40,42). The molecule has 0 aliphatic carbocycles. The first-order valence-electron chi connectivity index (χ1n) is 14.6. The van der Waals surface area contributed by atoms with Crippen LogP contribution in [0.15, 0.2) is 146 Å². The molecule has 5 aromatic carbocycles. The quantitative estimate of drug-likeness (QED) is 0.168. The Morgan fingerprint density at radius 3 is 0.929 bits per heavy atom. The van der Waals surface area contributed by atoms with E-state index in [4.69, 9.17) is 0 Å². The maximum absolute atomic E-state index is 12.9. The molecule has 0 saturated heterocycles. The summed E-state index contributed by atoms with van der Waals surface area (Å²) < 4.78 is 0. The summed E-state index contributed by atoms with van der Waals surface area (Å²) in [4.78, 5) is 25.8. The second-order valence-corrected chi connectivity index (χ2v) is 10.4. The molecule has 0 spiro atoms. The van der Waals surface area contributed by atoms with Crippen LogP contribution in [0.25, 0.3) is 0 Å². The normalized spacial score (nSPS) is 10.9. The summed E-state index contributed by atoms with van der Waals surface area (Å²) in [5.74, 6) is 0.107. The predicted molar refractivity (Wildman–Crippen MR) is 170 cm³/mol. The van der Waals surface area contributed by atoms with Gasteiger partial charge in [0.2, 0.25) is 0 Å². The average Bonchev–Trinajstić information content (AvgIpc) is 3.06. The van der Waals surface area contributed by atoms with E-state index in [0.717, 1.165) is 12.8 Å². The van der Waals surface area contributed by atoms with E-state index in [2.05, 4.69) is 59.2 Å². The fourth-order valence-electron chi connectivity index (χ4n) is 5.43. The predicted octanol–water partition coefficient (Wildman–Crippen LogP) is 7.59. The highest BCUT2D eigenvalue weighted by molar-refractivity contribution is 5.97. The number of carbonyl (C=O) groups excluding carboxylic acids is 2. The molecule has 2 N–H and O–H groups in total. The van der Waals surface area contributed by atoms with Gasteiger partial charge in [-0.15, -0.1) is 0 Å². The minimum absolute atomic E-state index is 0.143. The number of nitrogens with one attached hydrogen (secondary N) is 2. The van der Waals surface area contributed by atoms with Crippen LogP contribution in [-0.4, -0.2) is 24.9 Å². The van der Waals surface area contributed by atoms with Crippen LogP contribution >= 0.6 is 0 Å². The highest BCUT2D eigenvalue weighted by Gasteiger charge is 2.16. The summed E-state index contributed by atoms with van der Waals surface area (Å²) in [5.41, 5.74) is 5.99. The van der Waals surface area contributed by atoms with Gasteiger partial charge in [0.1, 0.15) is 0 Å². The van der Waals surface area contributed by atoms with E-state index < -0.39 is 0 Å². The van der Waals surface area contributed by atoms with Gasteiger partial charge in [0, 0.05) is 36.1 Å². The van der Waals surface area contributed by atoms with Crippen LogP contribution in [0, 0.1) is 0 Å². The van der Waals surface area contributed by atoms with Crippen LogP contribution in [0.2, 0.25) is 0 Å². The highest BCUT2D eigenvalue weighted by atomic mass is 16.2. The Balaban J connectivity index is 1.14. The van der Waals surface area contributed by atoms with Crippen molar-refractivity contribution in [3.05, 3.63) is 179 Å². The Bertz CT molecular complexity index is 1340. The summed E-state index contributed by atoms with van der Waals surface area (Å²) >= 11 is 0. The van der Waals surface area contributed by atoms with Crippen LogP contribution in [0.4, 0.5) is 0 Å². The molecule has 4 nitrogen and oxygen atoms in total. The van der Waals surface area contributed by atoms with Gasteiger partial charge in [-0.1, -0.05) is 121 Å². The number of carbonyl (C=O) groups is 2. The molecule has 4 heteroatoms. The maximum Gasteiger partial charge on any atom is 0.251 e. The third-order valence-corrected chi connectivity index (χ3v) is 7.65. The summed E-state index contributed by atoms with van der Waals surface area (Å²) in [5, 5.41) is 6.11. The number of rotatable bonds is 12. The van der Waals surface area contributed by atoms with E-state index in [-0.39, 0.29) is 23.7 Å². The van der Waals surface area contributed by atoms with E-state index in [1.807, 2.05) is 72.8 Å². The smallest absolute Gasteiger partial charge is 0.251 e. The second kappa shape index (κ2) is 14.6. The summed E-state index contributed by atoms with van der Waals surface area (Å²) in [7, 11) is 0. The molecule has 42 heavy (non-hydrogen) atoms. The van der Waals surface area contributed by atoms with Crippen LogP contribution in [0.3, 0.4) is 0 Å². The molecular weight excluding hydrogens is 516 g/mol. The number of hydrogen-bond acceptors (Lipinski definition) is 2. The zero-order valence-corrected chi connectivity index (χ0v) is 23.7. The molecule has 0 saturated carbocycles. The Kier molecular flexibility index (Phi) is 9.93. The Labute approximate surface area is 248 Å². The van der Waals surface area contributed by atoms with Crippen molar-refractivity contribution >= 4 is 11.8 Å². The molecule has 5 rings (SSSR count). The van der Waals surface area contributed by atoms with E-state index in [9.17, 15) is 9.59 Å². The van der Waals surface area contributed by atoms with Gasteiger partial charge in [-0.25, -0.2) is 0 Å².